The van der Waals surface area contributed by atoms with Crippen LogP contribution in [0.5, 0.6) is 0 Å². The summed E-state index contributed by atoms with van der Waals surface area (Å²) in [5, 5.41) is 3.21. The van der Waals surface area contributed by atoms with Crippen LogP contribution in [0.1, 0.15) is 13.8 Å². The second kappa shape index (κ2) is 5.20. The number of hydrogen-bond donors (Lipinski definition) is 2. The molecule has 0 aliphatic rings. The van der Waals surface area contributed by atoms with Crippen molar-refractivity contribution in [2.45, 2.75) is 13.8 Å². The van der Waals surface area contributed by atoms with Gasteiger partial charge in [0.1, 0.15) is 0 Å². The fraction of sp³-hybridized carbons (Fsp3) is 0.100. The van der Waals surface area contributed by atoms with Crippen molar-refractivity contribution >= 4 is 44.9 Å². The fourth-order valence-electron chi connectivity index (χ4n) is 3.26. The molecule has 4 aromatic rings. The van der Waals surface area contributed by atoms with Gasteiger partial charge in [-0.25, -0.2) is 0 Å². The van der Waals surface area contributed by atoms with Gasteiger partial charge >= 0.3 is 0 Å². The predicted molar refractivity (Wildman–Crippen MR) is 99.7 cm³/mol. The minimum atomic E-state index is -0.0322. The highest BCUT2D eigenvalue weighted by Crippen LogP contribution is 2.18. The smallest absolute Gasteiger partial charge is 0.197 e. The zero-order valence-corrected chi connectivity index (χ0v) is 13.4. The van der Waals surface area contributed by atoms with Gasteiger partial charge in [-0.2, -0.15) is 0 Å². The molecule has 2 heterocycles. The Labute approximate surface area is 136 Å². The number of aromatic amines is 2. The Morgan fingerprint density at radius 1 is 0.750 bits per heavy atom. The van der Waals surface area contributed by atoms with Gasteiger partial charge in [0.2, 0.25) is 0 Å². The quantitative estimate of drug-likeness (QED) is 0.488. The summed E-state index contributed by atoms with van der Waals surface area (Å²) in [4.78, 5) is 32.1. The summed E-state index contributed by atoms with van der Waals surface area (Å²) in [6, 6.07) is 10.9. The predicted octanol–water partition coefficient (Wildman–Crippen LogP) is 2.12. The van der Waals surface area contributed by atoms with Crippen LogP contribution in [0, 0.1) is 0 Å². The van der Waals surface area contributed by atoms with Crippen molar-refractivity contribution in [1.29, 1.82) is 0 Å². The van der Waals surface area contributed by atoms with E-state index in [0.29, 0.717) is 32.4 Å². The highest BCUT2D eigenvalue weighted by molar-refractivity contribution is 5.99. The molecule has 0 amide bonds. The van der Waals surface area contributed by atoms with Crippen molar-refractivity contribution in [3.8, 4) is 0 Å². The summed E-state index contributed by atoms with van der Waals surface area (Å²) in [5.41, 5.74) is 2.05. The van der Waals surface area contributed by atoms with Crippen LogP contribution in [0.4, 0.5) is 0 Å². The van der Waals surface area contributed by atoms with Crippen LogP contribution in [0.25, 0.3) is 44.9 Å². The number of hydrogen-bond acceptors (Lipinski definition) is 2. The molecule has 0 fully saturated rings. The highest BCUT2D eigenvalue weighted by Gasteiger charge is 2.09. The van der Waals surface area contributed by atoms with Crippen molar-refractivity contribution in [1.82, 2.24) is 9.97 Å². The Balaban J connectivity index is 2.31. The van der Waals surface area contributed by atoms with Crippen LogP contribution in [-0.4, -0.2) is 9.97 Å². The molecule has 2 aromatic heterocycles. The molecule has 0 spiro atoms. The molecule has 0 aliphatic heterocycles. The molecular formula is C20H16N2O2. The van der Waals surface area contributed by atoms with E-state index in [4.69, 9.17) is 0 Å². The first-order chi connectivity index (χ1) is 11.6. The number of benzene rings is 2. The third-order valence-corrected chi connectivity index (χ3v) is 4.47. The molecule has 0 saturated heterocycles. The van der Waals surface area contributed by atoms with E-state index in [9.17, 15) is 9.59 Å². The Bertz CT molecular complexity index is 1360. The monoisotopic (exact) mass is 316 g/mol. The summed E-state index contributed by atoms with van der Waals surface area (Å²) in [6.45, 7) is 3.73. The molecule has 4 nitrogen and oxygen atoms in total. The van der Waals surface area contributed by atoms with E-state index in [0.717, 1.165) is 10.9 Å². The first kappa shape index (κ1) is 14.5. The second-order valence-corrected chi connectivity index (χ2v) is 5.80. The first-order valence-corrected chi connectivity index (χ1v) is 7.87. The number of pyridine rings is 2. The molecule has 0 radical (unpaired) electrons. The number of rotatable bonds is 0. The molecule has 0 unspecified atom stereocenters. The summed E-state index contributed by atoms with van der Waals surface area (Å²) in [5.74, 6) is 0. The van der Waals surface area contributed by atoms with Crippen LogP contribution < -0.4 is 21.4 Å². The lowest BCUT2D eigenvalue weighted by atomic mass is 10.1. The Morgan fingerprint density at radius 3 is 2.12 bits per heavy atom. The highest BCUT2D eigenvalue weighted by atomic mass is 16.1. The van der Waals surface area contributed by atoms with E-state index < -0.39 is 0 Å². The maximum Gasteiger partial charge on any atom is 0.197 e. The van der Waals surface area contributed by atoms with E-state index >= 15 is 0 Å². The van der Waals surface area contributed by atoms with Crippen LogP contribution in [0.2, 0.25) is 0 Å². The Kier molecular flexibility index (Phi) is 3.13. The van der Waals surface area contributed by atoms with Crippen molar-refractivity contribution < 1.29 is 0 Å². The van der Waals surface area contributed by atoms with Crippen molar-refractivity contribution in [2.24, 2.45) is 0 Å². The molecule has 0 atom stereocenters. The van der Waals surface area contributed by atoms with Crippen molar-refractivity contribution in [3.63, 3.8) is 0 Å². The van der Waals surface area contributed by atoms with Crippen molar-refractivity contribution in [2.75, 3.05) is 0 Å². The number of fused-ring (bicyclic) bond motifs is 3. The maximum atomic E-state index is 12.8. The van der Waals surface area contributed by atoms with Crippen LogP contribution in [-0.2, 0) is 0 Å². The lowest BCUT2D eigenvalue weighted by Crippen LogP contribution is -2.40. The number of nitrogens with one attached hydrogen (secondary N) is 2. The fourth-order valence-corrected chi connectivity index (χ4v) is 3.26. The molecule has 24 heavy (non-hydrogen) atoms. The third-order valence-electron chi connectivity index (χ3n) is 4.47. The van der Waals surface area contributed by atoms with Gasteiger partial charge in [0.05, 0.1) is 11.0 Å². The van der Waals surface area contributed by atoms with Gasteiger partial charge in [-0.15, -0.1) is 0 Å². The molecule has 4 rings (SSSR count). The second-order valence-electron chi connectivity index (χ2n) is 5.80. The van der Waals surface area contributed by atoms with Gasteiger partial charge in [0.25, 0.3) is 0 Å². The molecule has 0 saturated carbocycles. The van der Waals surface area contributed by atoms with Gasteiger partial charge in [-0.05, 0) is 38.1 Å². The summed E-state index contributed by atoms with van der Waals surface area (Å²) in [6.07, 6.45) is 3.67. The van der Waals surface area contributed by atoms with E-state index in [1.807, 2.05) is 38.1 Å². The number of aromatic nitrogens is 2. The largest absolute Gasteiger partial charge is 0.355 e. The van der Waals surface area contributed by atoms with Crippen LogP contribution in [0.15, 0.2) is 46.0 Å². The molecule has 118 valence electrons. The van der Waals surface area contributed by atoms with Crippen LogP contribution >= 0.6 is 0 Å². The van der Waals surface area contributed by atoms with Gasteiger partial charge < -0.3 is 9.97 Å². The molecule has 2 aromatic carbocycles. The van der Waals surface area contributed by atoms with Crippen LogP contribution in [0.3, 0.4) is 0 Å². The van der Waals surface area contributed by atoms with E-state index in [1.165, 1.54) is 0 Å². The normalized spacial score (nSPS) is 13.4. The van der Waals surface area contributed by atoms with Gasteiger partial charge in [0, 0.05) is 32.2 Å². The van der Waals surface area contributed by atoms with Gasteiger partial charge in [0.15, 0.2) is 10.9 Å². The van der Waals surface area contributed by atoms with Gasteiger partial charge in [-0.3, -0.25) is 9.59 Å². The van der Waals surface area contributed by atoms with E-state index in [2.05, 4.69) is 9.97 Å². The maximum absolute atomic E-state index is 12.8. The number of H-pyrrole nitrogens is 2. The average molecular weight is 316 g/mol. The van der Waals surface area contributed by atoms with E-state index in [1.54, 1.807) is 24.3 Å². The molecule has 0 aliphatic carbocycles. The summed E-state index contributed by atoms with van der Waals surface area (Å²) in [7, 11) is 0. The summed E-state index contributed by atoms with van der Waals surface area (Å²) >= 11 is 0. The SMILES string of the molecule is C/C=c1/[nH]c2cc3c(=O)c4ccccc4[nH]c3cc2c(=O)/c1=C/C. The Hall–Kier alpha value is -3.14. The molecule has 0 bridgehead atoms. The lowest BCUT2D eigenvalue weighted by molar-refractivity contribution is 1.25. The topological polar surface area (TPSA) is 65.7 Å². The van der Waals surface area contributed by atoms with Gasteiger partial charge in [-0.1, -0.05) is 24.3 Å². The zero-order chi connectivity index (χ0) is 16.8. The number of para-hydroxylation sites is 1. The van der Waals surface area contributed by atoms with E-state index in [-0.39, 0.29) is 10.9 Å². The van der Waals surface area contributed by atoms with Crippen molar-refractivity contribution in [3.05, 3.63) is 67.4 Å². The summed E-state index contributed by atoms with van der Waals surface area (Å²) < 4.78 is 0. The third kappa shape index (κ3) is 1.93. The minimum Gasteiger partial charge on any atom is -0.355 e. The Morgan fingerprint density at radius 2 is 1.42 bits per heavy atom. The molecule has 4 heteroatoms. The molecule has 2 N–H and O–H groups in total. The average Bonchev–Trinajstić information content (AvgIpc) is 2.61. The first-order valence-electron chi connectivity index (χ1n) is 7.87. The lowest BCUT2D eigenvalue weighted by Gasteiger charge is -2.05. The molecular weight excluding hydrogens is 300 g/mol. The minimum absolute atomic E-state index is 0.0322. The standard InChI is InChI=1S/C20H16N2O2/c1-3-11-15(4-2)21-17-10-14-18(9-13(17)19(11)23)22-16-8-6-5-7-12(16)20(14)24/h3-10,21H,1-2H3,(H,22,24)/b11-3+,15-4+. The zero-order valence-electron chi connectivity index (χ0n) is 13.4.